The van der Waals surface area contributed by atoms with Crippen molar-refractivity contribution in [1.82, 2.24) is 0 Å². The molecule has 8 rings (SSSR count). The molecule has 0 aliphatic carbocycles. The lowest BCUT2D eigenvalue weighted by Crippen LogP contribution is -2.39. The zero-order valence-electron chi connectivity index (χ0n) is 35.6. The summed E-state index contributed by atoms with van der Waals surface area (Å²) < 4.78 is 2.53. The van der Waals surface area contributed by atoms with E-state index >= 15 is 0 Å². The van der Waals surface area contributed by atoms with E-state index in [0.29, 0.717) is 18.8 Å². The first-order valence-corrected chi connectivity index (χ1v) is 22.1. The summed E-state index contributed by atoms with van der Waals surface area (Å²) in [7, 11) is 0. The lowest BCUT2D eigenvalue weighted by atomic mass is 9.69. The second-order valence-corrected chi connectivity index (χ2v) is 17.6. The normalized spacial score (nSPS) is 17.5. The highest BCUT2D eigenvalue weighted by molar-refractivity contribution is 6.30. The van der Waals surface area contributed by atoms with Crippen LogP contribution >= 0.6 is 11.6 Å². The largest absolute Gasteiger partial charge is 0.344 e. The molecule has 1 atom stereocenters. The second-order valence-electron chi connectivity index (χ2n) is 17.2. The molecule has 6 aromatic carbocycles. The molecule has 6 heteroatoms. The number of nitrogens with zero attached hydrogens (tertiary/aromatic N) is 3. The van der Waals surface area contributed by atoms with Crippen LogP contribution in [0.1, 0.15) is 67.9 Å². The third-order valence-corrected chi connectivity index (χ3v) is 12.9. The molecular weight excluding hydrogens is 770 g/mol. The summed E-state index contributed by atoms with van der Waals surface area (Å²) >= 11 is 6.92. The van der Waals surface area contributed by atoms with Crippen LogP contribution in [0.3, 0.4) is 0 Å². The average Bonchev–Trinajstić information content (AvgIpc) is 3.65. The summed E-state index contributed by atoms with van der Waals surface area (Å²) in [5, 5.41) is 15.2. The second kappa shape index (κ2) is 17.9. The Morgan fingerprint density at radius 2 is 1.48 bits per heavy atom. The minimum absolute atomic E-state index is 0.103. The van der Waals surface area contributed by atoms with Crippen molar-refractivity contribution in [2.45, 2.75) is 70.1 Å². The smallest absolute Gasteiger partial charge is 0.269 e. The molecule has 5 nitrogen and oxygen atoms in total. The van der Waals surface area contributed by atoms with E-state index in [1.165, 1.54) is 55.8 Å². The first-order valence-electron chi connectivity index (χ1n) is 21.7. The van der Waals surface area contributed by atoms with Gasteiger partial charge < -0.3 is 4.90 Å². The number of nitro groups is 1. The number of benzene rings is 6. The van der Waals surface area contributed by atoms with Gasteiger partial charge in [0.05, 0.1) is 10.3 Å². The number of fused-ring (bicyclic) bond motifs is 4. The summed E-state index contributed by atoms with van der Waals surface area (Å²) in [6, 6.07) is 48.5. The maximum atomic E-state index is 12.1. The maximum Gasteiger partial charge on any atom is 0.269 e. The van der Waals surface area contributed by atoms with E-state index in [0.717, 1.165) is 49.4 Å². The molecule has 6 aromatic rings. The fourth-order valence-corrected chi connectivity index (χ4v) is 10.3. The van der Waals surface area contributed by atoms with E-state index in [1.807, 2.05) is 24.3 Å². The van der Waals surface area contributed by atoms with Crippen LogP contribution in [0, 0.1) is 16.0 Å². The zero-order valence-corrected chi connectivity index (χ0v) is 36.3. The van der Waals surface area contributed by atoms with Gasteiger partial charge in [0.1, 0.15) is 6.54 Å². The lowest BCUT2D eigenvalue weighted by Gasteiger charge is -2.34. The number of hydrogen-bond acceptors (Lipinski definition) is 3. The molecular formula is C55H55ClN3O2+. The molecule has 1 unspecified atom stereocenters. The van der Waals surface area contributed by atoms with Crippen LogP contribution in [0.25, 0.3) is 10.8 Å². The zero-order chi connectivity index (χ0) is 42.6. The van der Waals surface area contributed by atoms with E-state index < -0.39 is 10.8 Å². The minimum atomic E-state index is -0.556. The Kier molecular flexibility index (Phi) is 12.2. The van der Waals surface area contributed by atoms with E-state index in [4.69, 9.17) is 11.6 Å². The van der Waals surface area contributed by atoms with Crippen molar-refractivity contribution in [3.63, 3.8) is 0 Å². The molecule has 0 amide bonds. The van der Waals surface area contributed by atoms with Gasteiger partial charge in [0, 0.05) is 64.6 Å². The summed E-state index contributed by atoms with van der Waals surface area (Å²) in [4.78, 5) is 14.3. The molecule has 0 radical (unpaired) electrons. The SMILES string of the molecule is C=CCC1(Cc2cccc([N+](=O)[O-])c2)/C(=C\C=C\C2=[N+](CCC)c3ccc(Cl)cc3C2(Cc2ccccc2)Cc2ccccc2)N(CCC(C)C)c2ccc3ccccc3c21. The molecule has 2 aliphatic rings. The fourth-order valence-electron chi connectivity index (χ4n) is 10.1. The van der Waals surface area contributed by atoms with Crippen molar-refractivity contribution in [2.75, 3.05) is 18.0 Å². The van der Waals surface area contributed by atoms with Gasteiger partial charge in [-0.3, -0.25) is 10.1 Å². The van der Waals surface area contributed by atoms with Crippen molar-refractivity contribution < 1.29 is 9.50 Å². The highest BCUT2D eigenvalue weighted by atomic mass is 35.5. The van der Waals surface area contributed by atoms with Gasteiger partial charge >= 0.3 is 0 Å². The lowest BCUT2D eigenvalue weighted by molar-refractivity contribution is -0.437. The summed E-state index contributed by atoms with van der Waals surface area (Å²) in [6.07, 6.45) is 13.9. The first-order chi connectivity index (χ1) is 29.7. The predicted octanol–water partition coefficient (Wildman–Crippen LogP) is 13.7. The van der Waals surface area contributed by atoms with E-state index in [1.54, 1.807) is 12.1 Å². The van der Waals surface area contributed by atoms with Crippen LogP contribution in [0.5, 0.6) is 0 Å². The molecule has 2 heterocycles. The monoisotopic (exact) mass is 824 g/mol. The Morgan fingerprint density at radius 1 is 0.803 bits per heavy atom. The average molecular weight is 826 g/mol. The summed E-state index contributed by atoms with van der Waals surface area (Å²) in [5.74, 6) is 0.491. The van der Waals surface area contributed by atoms with Gasteiger partial charge in [-0.2, -0.15) is 4.58 Å². The van der Waals surface area contributed by atoms with Crippen LogP contribution in [0.15, 0.2) is 176 Å². The Bertz CT molecular complexity index is 2620. The molecule has 0 N–H and O–H groups in total. The molecule has 0 saturated heterocycles. The first kappa shape index (κ1) is 41.7. The van der Waals surface area contributed by atoms with Gasteiger partial charge in [-0.25, -0.2) is 0 Å². The van der Waals surface area contributed by atoms with Gasteiger partial charge in [0.25, 0.3) is 5.69 Å². The molecule has 0 saturated carbocycles. The molecule has 0 bridgehead atoms. The van der Waals surface area contributed by atoms with Gasteiger partial charge in [-0.1, -0.05) is 148 Å². The highest BCUT2D eigenvalue weighted by Crippen LogP contribution is 2.55. The van der Waals surface area contributed by atoms with Crippen LogP contribution < -0.4 is 4.90 Å². The van der Waals surface area contributed by atoms with Gasteiger partial charge in [-0.15, -0.1) is 6.58 Å². The molecule has 61 heavy (non-hydrogen) atoms. The number of non-ortho nitro benzene ring substituents is 1. The standard InChI is InChI=1S/C55H55ClN3O2/c1-5-32-54(39-43-21-15-23-46(35-43)59(60)61)51(58(34-31-40(3)4)50-29-27-44-22-13-14-24-47(44)53(50)54)25-16-26-52-55(37-41-17-9-7-10-18-41,38-42-19-11-8-12-20-42)48-36-45(56)28-30-49(48)57(52)33-6-2/h5,7-30,35-36,40H,1,6,31-34,37-39H2,2-4H3/q+1. The number of allylic oxidation sites excluding steroid dienone is 5. The van der Waals surface area contributed by atoms with Crippen molar-refractivity contribution >= 4 is 45.1 Å². The van der Waals surface area contributed by atoms with Crippen LogP contribution in [-0.2, 0) is 30.1 Å². The van der Waals surface area contributed by atoms with Gasteiger partial charge in [-0.05, 0) is 95.3 Å². The minimum Gasteiger partial charge on any atom is -0.344 e. The Hall–Kier alpha value is -6.04. The number of anilines is 1. The molecule has 0 aromatic heterocycles. The van der Waals surface area contributed by atoms with Crippen LogP contribution in [0.2, 0.25) is 5.02 Å². The van der Waals surface area contributed by atoms with E-state index in [-0.39, 0.29) is 10.6 Å². The number of rotatable bonds is 16. The van der Waals surface area contributed by atoms with Crippen molar-refractivity contribution in [3.8, 4) is 0 Å². The van der Waals surface area contributed by atoms with Gasteiger partial charge in [0.2, 0.25) is 5.69 Å². The Labute approximate surface area is 366 Å². The molecule has 2 aliphatic heterocycles. The summed E-state index contributed by atoms with van der Waals surface area (Å²) in [6.45, 7) is 12.9. The van der Waals surface area contributed by atoms with Gasteiger partial charge in [0.15, 0.2) is 5.71 Å². The van der Waals surface area contributed by atoms with Crippen molar-refractivity contribution in [2.24, 2.45) is 5.92 Å². The van der Waals surface area contributed by atoms with E-state index in [9.17, 15) is 10.1 Å². The Morgan fingerprint density at radius 3 is 2.15 bits per heavy atom. The molecule has 0 spiro atoms. The summed E-state index contributed by atoms with van der Waals surface area (Å²) in [5.41, 5.74) is 9.92. The predicted molar refractivity (Wildman–Crippen MR) is 255 cm³/mol. The number of nitro benzene ring substituents is 1. The van der Waals surface area contributed by atoms with Crippen LogP contribution in [-0.4, -0.2) is 28.3 Å². The fraction of sp³-hybridized carbons (Fsp3) is 0.255. The van der Waals surface area contributed by atoms with Crippen LogP contribution in [0.4, 0.5) is 17.1 Å². The quantitative estimate of drug-likeness (QED) is 0.0423. The van der Waals surface area contributed by atoms with E-state index in [2.05, 4.69) is 164 Å². The third kappa shape index (κ3) is 8.12. The topological polar surface area (TPSA) is 49.4 Å². The van der Waals surface area contributed by atoms with Crippen molar-refractivity contribution in [1.29, 1.82) is 0 Å². The Balaban J connectivity index is 1.37. The number of hydrogen-bond donors (Lipinski definition) is 0. The maximum absolute atomic E-state index is 12.1. The molecule has 0 fully saturated rings. The highest BCUT2D eigenvalue weighted by Gasteiger charge is 2.52. The van der Waals surface area contributed by atoms with Crippen molar-refractivity contribution in [3.05, 3.63) is 219 Å². The molecule has 308 valence electrons. The third-order valence-electron chi connectivity index (χ3n) is 12.7. The number of halogens is 1.